The van der Waals surface area contributed by atoms with Crippen LogP contribution in [0.2, 0.25) is 0 Å². The van der Waals surface area contributed by atoms with Crippen LogP contribution >= 0.6 is 39.7 Å². The number of hydrogen-bond acceptors (Lipinski definition) is 3. The zero-order chi connectivity index (χ0) is 9.97. The number of thiophene rings is 1. The fourth-order valence-electron chi connectivity index (χ4n) is 1.19. The third kappa shape index (κ3) is 3.01. The monoisotopic (exact) mass is 304 g/mol. The number of halogens is 2. The van der Waals surface area contributed by atoms with Gasteiger partial charge >= 0.3 is 0 Å². The molecule has 0 aliphatic carbocycles. The summed E-state index contributed by atoms with van der Waals surface area (Å²) in [4.78, 5) is 5.41. The lowest BCUT2D eigenvalue weighted by atomic mass is 10.2. The predicted molar refractivity (Wildman–Crippen MR) is 69.5 cm³/mol. The van der Waals surface area contributed by atoms with Crippen molar-refractivity contribution >= 4 is 39.7 Å². The third-order valence-electron chi connectivity index (χ3n) is 1.92. The van der Waals surface area contributed by atoms with Crippen LogP contribution < -0.4 is 5.73 Å². The lowest BCUT2D eigenvalue weighted by Crippen LogP contribution is -2.11. The summed E-state index contributed by atoms with van der Waals surface area (Å²) in [6.07, 6.45) is 1.77. The maximum Gasteiger partial charge on any atom is 0.0820 e. The number of rotatable bonds is 2. The smallest absolute Gasteiger partial charge is 0.0820 e. The first-order chi connectivity index (χ1) is 6.77. The molecule has 2 aromatic rings. The average molecular weight is 306 g/mol. The van der Waals surface area contributed by atoms with Crippen LogP contribution in [0.1, 0.15) is 16.6 Å². The van der Waals surface area contributed by atoms with E-state index in [4.69, 9.17) is 5.73 Å². The minimum atomic E-state index is -0.108. The van der Waals surface area contributed by atoms with E-state index >= 15 is 0 Å². The van der Waals surface area contributed by atoms with Gasteiger partial charge in [-0.2, -0.15) is 0 Å². The van der Waals surface area contributed by atoms with Gasteiger partial charge in [0.15, 0.2) is 0 Å². The van der Waals surface area contributed by atoms with Crippen LogP contribution in [-0.4, -0.2) is 4.98 Å². The maximum atomic E-state index is 6.04. The minimum Gasteiger partial charge on any atom is -0.318 e. The van der Waals surface area contributed by atoms with E-state index in [1.54, 1.807) is 17.5 Å². The summed E-state index contributed by atoms with van der Waals surface area (Å²) >= 11 is 5.00. The largest absolute Gasteiger partial charge is 0.318 e. The van der Waals surface area contributed by atoms with Crippen molar-refractivity contribution in [2.75, 3.05) is 0 Å². The summed E-state index contributed by atoms with van der Waals surface area (Å²) in [5, 5.41) is 2.02. The zero-order valence-electron chi connectivity index (χ0n) is 7.76. The molecule has 0 amide bonds. The molecule has 0 saturated heterocycles. The van der Waals surface area contributed by atoms with Gasteiger partial charge in [0.05, 0.1) is 11.7 Å². The van der Waals surface area contributed by atoms with Gasteiger partial charge in [-0.05, 0) is 39.5 Å². The molecule has 0 aliphatic rings. The second-order valence-corrected chi connectivity index (χ2v) is 4.79. The molecule has 5 heteroatoms. The Labute approximate surface area is 107 Å². The summed E-state index contributed by atoms with van der Waals surface area (Å²) in [6, 6.07) is 7.81. The van der Waals surface area contributed by atoms with Crippen LogP contribution in [0.25, 0.3) is 0 Å². The van der Waals surface area contributed by atoms with Crippen molar-refractivity contribution in [3.05, 3.63) is 50.9 Å². The van der Waals surface area contributed by atoms with E-state index in [2.05, 4.69) is 20.9 Å². The number of aromatic nitrogens is 1. The van der Waals surface area contributed by atoms with Crippen LogP contribution in [0.3, 0.4) is 0 Å². The first-order valence-electron chi connectivity index (χ1n) is 4.18. The quantitative estimate of drug-likeness (QED) is 0.924. The fraction of sp³-hybridized carbons (Fsp3) is 0.100. The summed E-state index contributed by atoms with van der Waals surface area (Å²) in [5.74, 6) is 0. The molecule has 80 valence electrons. The molecule has 0 spiro atoms. The van der Waals surface area contributed by atoms with Crippen molar-refractivity contribution in [1.29, 1.82) is 0 Å². The lowest BCUT2D eigenvalue weighted by molar-refractivity contribution is 0.846. The Kier molecular flexibility index (Phi) is 4.73. The van der Waals surface area contributed by atoms with E-state index in [9.17, 15) is 0 Å². The molecule has 2 N–H and O–H groups in total. The van der Waals surface area contributed by atoms with E-state index in [0.717, 1.165) is 15.0 Å². The second-order valence-electron chi connectivity index (χ2n) is 2.89. The van der Waals surface area contributed by atoms with Crippen molar-refractivity contribution in [3.63, 3.8) is 0 Å². The molecule has 0 aromatic carbocycles. The molecule has 2 rings (SSSR count). The van der Waals surface area contributed by atoms with E-state index in [1.165, 1.54) is 0 Å². The maximum absolute atomic E-state index is 6.04. The van der Waals surface area contributed by atoms with Crippen molar-refractivity contribution in [1.82, 2.24) is 4.98 Å². The highest BCUT2D eigenvalue weighted by molar-refractivity contribution is 9.10. The molecule has 0 unspecified atom stereocenters. The molecule has 0 fully saturated rings. The molecule has 1 atom stereocenters. The van der Waals surface area contributed by atoms with Gasteiger partial charge in [-0.3, -0.25) is 4.98 Å². The number of nitrogens with zero attached hydrogens (tertiary/aromatic N) is 1. The lowest BCUT2D eigenvalue weighted by Gasteiger charge is -2.08. The third-order valence-corrected chi connectivity index (χ3v) is 3.34. The van der Waals surface area contributed by atoms with E-state index < -0.39 is 0 Å². The second kappa shape index (κ2) is 5.61. The summed E-state index contributed by atoms with van der Waals surface area (Å²) < 4.78 is 0.972. The van der Waals surface area contributed by atoms with Crippen molar-refractivity contribution in [2.45, 2.75) is 6.04 Å². The Morgan fingerprint density at radius 1 is 1.33 bits per heavy atom. The molecule has 2 nitrogen and oxygen atoms in total. The molecular formula is C10H10BrClN2S. The van der Waals surface area contributed by atoms with Crippen molar-refractivity contribution in [2.24, 2.45) is 5.73 Å². The molecular weight excluding hydrogens is 296 g/mol. The Morgan fingerprint density at radius 3 is 2.67 bits per heavy atom. The van der Waals surface area contributed by atoms with Crippen molar-refractivity contribution < 1.29 is 0 Å². The van der Waals surface area contributed by atoms with Gasteiger partial charge in [0.25, 0.3) is 0 Å². The molecule has 0 aliphatic heterocycles. The van der Waals surface area contributed by atoms with Crippen LogP contribution in [0, 0.1) is 0 Å². The highest BCUT2D eigenvalue weighted by atomic mass is 79.9. The summed E-state index contributed by atoms with van der Waals surface area (Å²) in [7, 11) is 0. The van der Waals surface area contributed by atoms with Gasteiger partial charge in [-0.25, -0.2) is 0 Å². The van der Waals surface area contributed by atoms with Gasteiger partial charge in [-0.1, -0.05) is 6.07 Å². The Morgan fingerprint density at radius 2 is 2.13 bits per heavy atom. The van der Waals surface area contributed by atoms with Crippen molar-refractivity contribution in [3.8, 4) is 0 Å². The Balaban J connectivity index is 0.00000112. The SMILES string of the molecule is Cl.N[C@H](c1ccc(Br)cn1)c1cccs1. The van der Waals surface area contributed by atoms with E-state index in [1.807, 2.05) is 29.6 Å². The topological polar surface area (TPSA) is 38.9 Å². The van der Waals surface area contributed by atoms with Gasteiger partial charge in [0.1, 0.15) is 0 Å². The highest BCUT2D eigenvalue weighted by Crippen LogP contribution is 2.22. The van der Waals surface area contributed by atoms with Crippen LogP contribution in [0.4, 0.5) is 0 Å². The number of hydrogen-bond donors (Lipinski definition) is 1. The zero-order valence-corrected chi connectivity index (χ0v) is 11.0. The first kappa shape index (κ1) is 12.6. The molecule has 2 heterocycles. The highest BCUT2D eigenvalue weighted by Gasteiger charge is 2.10. The standard InChI is InChI=1S/C10H9BrN2S.ClH/c11-7-3-4-8(13-6-7)10(12)9-2-1-5-14-9;/h1-6,10H,12H2;1H/t10-;/m1./s1. The Hall–Kier alpha value is -0.420. The average Bonchev–Trinajstić information content (AvgIpc) is 2.71. The van der Waals surface area contributed by atoms with E-state index in [0.29, 0.717) is 0 Å². The molecule has 0 saturated carbocycles. The van der Waals surface area contributed by atoms with Gasteiger partial charge in [0.2, 0.25) is 0 Å². The van der Waals surface area contributed by atoms with Gasteiger partial charge < -0.3 is 5.73 Å². The van der Waals surface area contributed by atoms with Crippen LogP contribution in [-0.2, 0) is 0 Å². The normalized spacial score (nSPS) is 11.9. The number of nitrogens with two attached hydrogens (primary N) is 1. The predicted octanol–water partition coefficient (Wildman–Crippen LogP) is 3.38. The first-order valence-corrected chi connectivity index (χ1v) is 5.85. The molecule has 0 bridgehead atoms. The summed E-state index contributed by atoms with van der Waals surface area (Å²) in [6.45, 7) is 0. The molecule has 0 radical (unpaired) electrons. The minimum absolute atomic E-state index is 0. The van der Waals surface area contributed by atoms with Crippen LogP contribution in [0.5, 0.6) is 0 Å². The number of pyridine rings is 1. The van der Waals surface area contributed by atoms with E-state index in [-0.39, 0.29) is 18.4 Å². The van der Waals surface area contributed by atoms with Gasteiger partial charge in [-0.15, -0.1) is 23.7 Å². The molecule has 15 heavy (non-hydrogen) atoms. The molecule has 2 aromatic heterocycles. The summed E-state index contributed by atoms with van der Waals surface area (Å²) in [5.41, 5.74) is 6.94. The fourth-order valence-corrected chi connectivity index (χ4v) is 2.16. The van der Waals surface area contributed by atoms with Crippen LogP contribution in [0.15, 0.2) is 40.3 Å². The van der Waals surface area contributed by atoms with Gasteiger partial charge in [0, 0.05) is 15.5 Å². The Bertz CT molecular complexity index is 402.